The molecule has 19 heavy (non-hydrogen) atoms. The zero-order chi connectivity index (χ0) is 13.7. The van der Waals surface area contributed by atoms with Crippen molar-refractivity contribution < 1.29 is 9.13 Å². The van der Waals surface area contributed by atoms with Crippen LogP contribution in [-0.4, -0.2) is 6.61 Å². The molecule has 0 spiro atoms. The van der Waals surface area contributed by atoms with E-state index in [9.17, 15) is 4.39 Å². The first kappa shape index (κ1) is 13.7. The quantitative estimate of drug-likeness (QED) is 0.825. The molecule has 0 aliphatic heterocycles. The van der Waals surface area contributed by atoms with Crippen molar-refractivity contribution in [1.29, 1.82) is 0 Å². The van der Waals surface area contributed by atoms with Crippen molar-refractivity contribution in [2.24, 2.45) is 0 Å². The predicted molar refractivity (Wildman–Crippen MR) is 77.2 cm³/mol. The van der Waals surface area contributed by atoms with Crippen LogP contribution in [0.1, 0.15) is 13.3 Å². The predicted octanol–water partition coefficient (Wildman–Crippen LogP) is 4.35. The fraction of sp³-hybridized carbons (Fsp3) is 0.200. The second kappa shape index (κ2) is 6.48. The van der Waals surface area contributed by atoms with Gasteiger partial charge >= 0.3 is 0 Å². The molecule has 0 saturated carbocycles. The van der Waals surface area contributed by atoms with Gasteiger partial charge in [0.05, 0.1) is 6.61 Å². The van der Waals surface area contributed by atoms with E-state index in [1.54, 1.807) is 12.1 Å². The molecular formula is C15H16FNOS. The second-order valence-electron chi connectivity index (χ2n) is 4.14. The van der Waals surface area contributed by atoms with Crippen LogP contribution in [-0.2, 0) is 0 Å². The third kappa shape index (κ3) is 4.17. The Hall–Kier alpha value is -1.68. The summed E-state index contributed by atoms with van der Waals surface area (Å²) in [6, 6.07) is 12.0. The molecule has 2 N–H and O–H groups in total. The molecule has 0 unspecified atom stereocenters. The Morgan fingerprint density at radius 3 is 2.53 bits per heavy atom. The van der Waals surface area contributed by atoms with E-state index >= 15 is 0 Å². The highest BCUT2D eigenvalue weighted by Gasteiger charge is 2.03. The van der Waals surface area contributed by atoms with Crippen molar-refractivity contribution in [3.8, 4) is 5.75 Å². The SMILES string of the molecule is CCCOc1cc(N)cc(Sc2ccc(F)cc2)c1. The minimum Gasteiger partial charge on any atom is -0.493 e. The van der Waals surface area contributed by atoms with Gasteiger partial charge < -0.3 is 10.5 Å². The zero-order valence-electron chi connectivity index (χ0n) is 10.7. The van der Waals surface area contributed by atoms with Gasteiger partial charge in [0.2, 0.25) is 0 Å². The topological polar surface area (TPSA) is 35.2 Å². The van der Waals surface area contributed by atoms with Gasteiger partial charge in [-0.15, -0.1) is 0 Å². The number of ether oxygens (including phenoxy) is 1. The van der Waals surface area contributed by atoms with Crippen molar-refractivity contribution in [1.82, 2.24) is 0 Å². The Balaban J connectivity index is 2.15. The summed E-state index contributed by atoms with van der Waals surface area (Å²) >= 11 is 1.53. The van der Waals surface area contributed by atoms with E-state index in [4.69, 9.17) is 10.5 Å². The summed E-state index contributed by atoms with van der Waals surface area (Å²) in [7, 11) is 0. The third-order valence-electron chi connectivity index (χ3n) is 2.42. The summed E-state index contributed by atoms with van der Waals surface area (Å²) in [4.78, 5) is 1.95. The van der Waals surface area contributed by atoms with E-state index in [0.717, 1.165) is 22.0 Å². The molecule has 100 valence electrons. The highest BCUT2D eigenvalue weighted by molar-refractivity contribution is 7.99. The summed E-state index contributed by atoms with van der Waals surface area (Å²) in [5, 5.41) is 0. The van der Waals surface area contributed by atoms with Crippen LogP contribution in [0.15, 0.2) is 52.3 Å². The molecule has 0 aromatic heterocycles. The lowest BCUT2D eigenvalue weighted by molar-refractivity contribution is 0.317. The smallest absolute Gasteiger partial charge is 0.123 e. The number of benzene rings is 2. The summed E-state index contributed by atoms with van der Waals surface area (Å²) in [6.07, 6.45) is 0.954. The molecule has 4 heteroatoms. The maximum atomic E-state index is 12.8. The Kier molecular flexibility index (Phi) is 4.68. The lowest BCUT2D eigenvalue weighted by Gasteiger charge is -2.08. The van der Waals surface area contributed by atoms with Crippen molar-refractivity contribution in [2.45, 2.75) is 23.1 Å². The van der Waals surface area contributed by atoms with Crippen molar-refractivity contribution >= 4 is 17.4 Å². The molecule has 2 nitrogen and oxygen atoms in total. The fourth-order valence-corrected chi connectivity index (χ4v) is 2.51. The number of anilines is 1. The van der Waals surface area contributed by atoms with Crippen LogP contribution < -0.4 is 10.5 Å². The van der Waals surface area contributed by atoms with Crippen LogP contribution in [0.5, 0.6) is 5.75 Å². The molecule has 2 aromatic carbocycles. The van der Waals surface area contributed by atoms with Crippen molar-refractivity contribution in [3.63, 3.8) is 0 Å². The normalized spacial score (nSPS) is 10.4. The first-order valence-corrected chi connectivity index (χ1v) is 6.96. The molecule has 0 bridgehead atoms. The molecule has 0 fully saturated rings. The monoisotopic (exact) mass is 277 g/mol. The first-order valence-electron chi connectivity index (χ1n) is 6.14. The molecule has 0 amide bonds. The molecule has 0 atom stereocenters. The summed E-state index contributed by atoms with van der Waals surface area (Å²) < 4.78 is 18.4. The van der Waals surface area contributed by atoms with E-state index in [2.05, 4.69) is 6.92 Å². The second-order valence-corrected chi connectivity index (χ2v) is 5.29. The van der Waals surface area contributed by atoms with Gasteiger partial charge in [-0.2, -0.15) is 0 Å². The van der Waals surface area contributed by atoms with Gasteiger partial charge in [0, 0.05) is 21.5 Å². The number of hydrogen-bond acceptors (Lipinski definition) is 3. The summed E-state index contributed by atoms with van der Waals surface area (Å²) in [5.41, 5.74) is 6.52. The van der Waals surface area contributed by atoms with Crippen LogP contribution in [0.2, 0.25) is 0 Å². The number of hydrogen-bond donors (Lipinski definition) is 1. The van der Waals surface area contributed by atoms with Gasteiger partial charge in [-0.1, -0.05) is 18.7 Å². The van der Waals surface area contributed by atoms with Gasteiger partial charge in [-0.3, -0.25) is 0 Å². The van der Waals surface area contributed by atoms with Gasteiger partial charge in [0.25, 0.3) is 0 Å². The minimum absolute atomic E-state index is 0.233. The van der Waals surface area contributed by atoms with Crippen LogP contribution in [0, 0.1) is 5.82 Å². The van der Waals surface area contributed by atoms with E-state index in [-0.39, 0.29) is 5.82 Å². The van der Waals surface area contributed by atoms with E-state index in [1.807, 2.05) is 18.2 Å². The summed E-state index contributed by atoms with van der Waals surface area (Å²) in [6.45, 7) is 2.73. The van der Waals surface area contributed by atoms with E-state index in [1.165, 1.54) is 23.9 Å². The number of rotatable bonds is 5. The van der Waals surface area contributed by atoms with E-state index < -0.39 is 0 Å². The molecular weight excluding hydrogens is 261 g/mol. The Labute approximate surface area is 116 Å². The minimum atomic E-state index is -0.233. The van der Waals surface area contributed by atoms with Crippen LogP contribution in [0.4, 0.5) is 10.1 Å². The Bertz CT molecular complexity index is 542. The van der Waals surface area contributed by atoms with E-state index in [0.29, 0.717) is 12.3 Å². The van der Waals surface area contributed by atoms with Crippen molar-refractivity contribution in [3.05, 3.63) is 48.3 Å². The summed E-state index contributed by atoms with van der Waals surface area (Å²) in [5.74, 6) is 0.537. The van der Waals surface area contributed by atoms with Crippen molar-refractivity contribution in [2.75, 3.05) is 12.3 Å². The highest BCUT2D eigenvalue weighted by atomic mass is 32.2. The standard InChI is InChI=1S/C15H16FNOS/c1-2-7-18-13-8-12(17)9-15(10-13)19-14-5-3-11(16)4-6-14/h3-6,8-10H,2,7,17H2,1H3. The van der Waals surface area contributed by atoms with Crippen LogP contribution in [0.3, 0.4) is 0 Å². The molecule has 0 aliphatic carbocycles. The Morgan fingerprint density at radius 1 is 1.11 bits per heavy atom. The lowest BCUT2D eigenvalue weighted by atomic mass is 10.3. The number of nitrogen functional groups attached to an aromatic ring is 1. The first-order chi connectivity index (χ1) is 9.17. The highest BCUT2D eigenvalue weighted by Crippen LogP contribution is 2.32. The molecule has 0 saturated heterocycles. The number of nitrogens with two attached hydrogens (primary N) is 1. The average molecular weight is 277 g/mol. The molecule has 0 radical (unpaired) electrons. The fourth-order valence-electron chi connectivity index (χ4n) is 1.59. The van der Waals surface area contributed by atoms with Gasteiger partial charge in [0.15, 0.2) is 0 Å². The maximum absolute atomic E-state index is 12.8. The third-order valence-corrected chi connectivity index (χ3v) is 3.40. The lowest BCUT2D eigenvalue weighted by Crippen LogP contribution is -1.96. The van der Waals surface area contributed by atoms with Crippen LogP contribution in [0.25, 0.3) is 0 Å². The Morgan fingerprint density at radius 2 is 1.84 bits per heavy atom. The molecule has 0 heterocycles. The van der Waals surface area contributed by atoms with Gasteiger partial charge in [-0.05, 0) is 42.8 Å². The maximum Gasteiger partial charge on any atom is 0.123 e. The van der Waals surface area contributed by atoms with Gasteiger partial charge in [0.1, 0.15) is 11.6 Å². The largest absolute Gasteiger partial charge is 0.493 e. The number of halogens is 1. The average Bonchev–Trinajstić information content (AvgIpc) is 2.38. The molecule has 2 aromatic rings. The van der Waals surface area contributed by atoms with Crippen LogP contribution >= 0.6 is 11.8 Å². The molecule has 2 rings (SSSR count). The zero-order valence-corrected chi connectivity index (χ0v) is 11.5. The molecule has 0 aliphatic rings. The van der Waals surface area contributed by atoms with Gasteiger partial charge in [-0.25, -0.2) is 4.39 Å².